The van der Waals surface area contributed by atoms with Gasteiger partial charge in [0.1, 0.15) is 17.5 Å². The lowest BCUT2D eigenvalue weighted by Crippen LogP contribution is -2.22. The normalized spacial score (nSPS) is 16.4. The van der Waals surface area contributed by atoms with Crippen molar-refractivity contribution in [3.05, 3.63) is 11.9 Å². The molecule has 1 saturated carbocycles. The van der Waals surface area contributed by atoms with Gasteiger partial charge in [-0.3, -0.25) is 0 Å². The molecule has 18 heavy (non-hydrogen) atoms. The fourth-order valence-electron chi connectivity index (χ4n) is 1.78. The molecule has 1 aliphatic rings. The zero-order valence-corrected chi connectivity index (χ0v) is 11.4. The van der Waals surface area contributed by atoms with Crippen LogP contribution in [-0.2, 0) is 4.74 Å². The Morgan fingerprint density at radius 2 is 2.11 bits per heavy atom. The van der Waals surface area contributed by atoms with Crippen LogP contribution in [0.15, 0.2) is 6.07 Å². The number of hydrogen-bond donors (Lipinski definition) is 2. The van der Waals surface area contributed by atoms with Gasteiger partial charge in [-0.2, -0.15) is 0 Å². The molecule has 5 nitrogen and oxygen atoms in total. The molecular formula is C13H22N4O. The van der Waals surface area contributed by atoms with E-state index in [0.29, 0.717) is 12.5 Å². The molecule has 0 aliphatic heterocycles. The van der Waals surface area contributed by atoms with Crippen molar-refractivity contribution in [1.82, 2.24) is 9.97 Å². The van der Waals surface area contributed by atoms with Crippen LogP contribution in [0.2, 0.25) is 0 Å². The van der Waals surface area contributed by atoms with E-state index >= 15 is 0 Å². The standard InChI is InChI=1S/C13H22N4O/c1-4-18-8-9(2)15-12-7-11(14-3)16-13(17-12)10-5-6-10/h7,9-10H,4-6,8H2,1-3H3,(H2,14,15,16,17). The Hall–Kier alpha value is -1.36. The molecule has 1 aromatic rings. The van der Waals surface area contributed by atoms with Crippen molar-refractivity contribution in [1.29, 1.82) is 0 Å². The quantitative estimate of drug-likeness (QED) is 0.777. The van der Waals surface area contributed by atoms with Crippen molar-refractivity contribution >= 4 is 11.6 Å². The summed E-state index contributed by atoms with van der Waals surface area (Å²) in [6, 6.07) is 2.19. The van der Waals surface area contributed by atoms with Gasteiger partial charge >= 0.3 is 0 Å². The third kappa shape index (κ3) is 3.57. The molecule has 1 unspecified atom stereocenters. The van der Waals surface area contributed by atoms with E-state index in [4.69, 9.17) is 4.74 Å². The third-order valence-electron chi connectivity index (χ3n) is 2.91. The van der Waals surface area contributed by atoms with Gasteiger partial charge in [0, 0.05) is 31.7 Å². The number of anilines is 2. The van der Waals surface area contributed by atoms with Crippen LogP contribution in [0.3, 0.4) is 0 Å². The van der Waals surface area contributed by atoms with E-state index in [9.17, 15) is 0 Å². The molecule has 1 heterocycles. The fourth-order valence-corrected chi connectivity index (χ4v) is 1.78. The summed E-state index contributed by atoms with van der Waals surface area (Å²) in [5.41, 5.74) is 0. The topological polar surface area (TPSA) is 59.1 Å². The number of rotatable bonds is 7. The largest absolute Gasteiger partial charge is 0.380 e. The van der Waals surface area contributed by atoms with Crippen molar-refractivity contribution in [2.75, 3.05) is 30.9 Å². The first kappa shape index (κ1) is 13.1. The maximum absolute atomic E-state index is 5.39. The second kappa shape index (κ2) is 6.00. The Bertz CT molecular complexity index is 393. The van der Waals surface area contributed by atoms with Crippen LogP contribution >= 0.6 is 0 Å². The van der Waals surface area contributed by atoms with Crippen LogP contribution in [-0.4, -0.2) is 36.3 Å². The Morgan fingerprint density at radius 3 is 2.72 bits per heavy atom. The minimum Gasteiger partial charge on any atom is -0.380 e. The molecule has 2 N–H and O–H groups in total. The number of ether oxygens (including phenoxy) is 1. The monoisotopic (exact) mass is 250 g/mol. The maximum Gasteiger partial charge on any atom is 0.136 e. The molecule has 0 bridgehead atoms. The summed E-state index contributed by atoms with van der Waals surface area (Å²) in [7, 11) is 1.88. The number of aromatic nitrogens is 2. The second-order valence-electron chi connectivity index (χ2n) is 4.73. The summed E-state index contributed by atoms with van der Waals surface area (Å²) in [4.78, 5) is 9.06. The predicted molar refractivity (Wildman–Crippen MR) is 73.1 cm³/mol. The Labute approximate surface area is 108 Å². The predicted octanol–water partition coefficient (Wildman–Crippen LogP) is 2.23. The van der Waals surface area contributed by atoms with Gasteiger partial charge in [0.15, 0.2) is 0 Å². The highest BCUT2D eigenvalue weighted by Gasteiger charge is 2.27. The molecule has 0 aromatic carbocycles. The smallest absolute Gasteiger partial charge is 0.136 e. The summed E-state index contributed by atoms with van der Waals surface area (Å²) in [5, 5.41) is 6.44. The lowest BCUT2D eigenvalue weighted by Gasteiger charge is -2.15. The van der Waals surface area contributed by atoms with Crippen LogP contribution in [0.1, 0.15) is 38.4 Å². The van der Waals surface area contributed by atoms with E-state index in [1.54, 1.807) is 0 Å². The molecule has 1 aliphatic carbocycles. The molecule has 0 amide bonds. The van der Waals surface area contributed by atoms with Crippen molar-refractivity contribution in [3.63, 3.8) is 0 Å². The zero-order valence-electron chi connectivity index (χ0n) is 11.4. The minimum atomic E-state index is 0.247. The first-order valence-electron chi connectivity index (χ1n) is 6.64. The van der Waals surface area contributed by atoms with E-state index in [1.165, 1.54) is 12.8 Å². The summed E-state index contributed by atoms with van der Waals surface area (Å²) < 4.78 is 5.39. The molecule has 0 radical (unpaired) electrons. The molecule has 100 valence electrons. The lowest BCUT2D eigenvalue weighted by atomic mass is 10.3. The molecule has 5 heteroatoms. The van der Waals surface area contributed by atoms with Crippen LogP contribution in [0.5, 0.6) is 0 Å². The van der Waals surface area contributed by atoms with Gasteiger partial charge < -0.3 is 15.4 Å². The van der Waals surface area contributed by atoms with Gasteiger partial charge in [0.2, 0.25) is 0 Å². The number of hydrogen-bond acceptors (Lipinski definition) is 5. The van der Waals surface area contributed by atoms with Gasteiger partial charge in [0.25, 0.3) is 0 Å². The highest BCUT2D eigenvalue weighted by molar-refractivity contribution is 5.48. The molecular weight excluding hydrogens is 228 g/mol. The van der Waals surface area contributed by atoms with Crippen molar-refractivity contribution in [2.24, 2.45) is 0 Å². The van der Waals surface area contributed by atoms with Crippen LogP contribution in [0, 0.1) is 0 Å². The summed E-state index contributed by atoms with van der Waals surface area (Å²) in [6.45, 7) is 5.52. The Balaban J connectivity index is 2.04. The Kier molecular flexibility index (Phi) is 4.36. The minimum absolute atomic E-state index is 0.247. The molecule has 1 atom stereocenters. The average molecular weight is 250 g/mol. The number of nitrogens with zero attached hydrogens (tertiary/aromatic N) is 2. The van der Waals surface area contributed by atoms with Gasteiger partial charge in [-0.25, -0.2) is 9.97 Å². The van der Waals surface area contributed by atoms with Gasteiger partial charge in [0.05, 0.1) is 6.61 Å². The molecule has 2 rings (SSSR count). The van der Waals surface area contributed by atoms with E-state index in [-0.39, 0.29) is 6.04 Å². The van der Waals surface area contributed by atoms with Gasteiger partial charge in [-0.05, 0) is 26.7 Å². The van der Waals surface area contributed by atoms with Crippen molar-refractivity contribution < 1.29 is 4.74 Å². The molecule has 0 spiro atoms. The maximum atomic E-state index is 5.39. The third-order valence-corrected chi connectivity index (χ3v) is 2.91. The van der Waals surface area contributed by atoms with E-state index < -0.39 is 0 Å². The van der Waals surface area contributed by atoms with E-state index in [1.807, 2.05) is 20.0 Å². The second-order valence-corrected chi connectivity index (χ2v) is 4.73. The SMILES string of the molecule is CCOCC(C)Nc1cc(NC)nc(C2CC2)n1. The van der Waals surface area contributed by atoms with Crippen LogP contribution in [0.25, 0.3) is 0 Å². The van der Waals surface area contributed by atoms with E-state index in [2.05, 4.69) is 27.5 Å². The first-order chi connectivity index (χ1) is 8.72. The molecule has 1 aromatic heterocycles. The van der Waals surface area contributed by atoms with Gasteiger partial charge in [-0.15, -0.1) is 0 Å². The number of nitrogens with one attached hydrogen (secondary N) is 2. The highest BCUT2D eigenvalue weighted by Crippen LogP contribution is 2.38. The molecule has 0 saturated heterocycles. The summed E-state index contributed by atoms with van der Waals surface area (Å²) in [6.07, 6.45) is 2.42. The van der Waals surface area contributed by atoms with E-state index in [0.717, 1.165) is 24.1 Å². The van der Waals surface area contributed by atoms with Crippen LogP contribution in [0.4, 0.5) is 11.6 Å². The van der Waals surface area contributed by atoms with Crippen molar-refractivity contribution in [2.45, 2.75) is 38.6 Å². The summed E-state index contributed by atoms with van der Waals surface area (Å²) >= 11 is 0. The van der Waals surface area contributed by atoms with Gasteiger partial charge in [-0.1, -0.05) is 0 Å². The zero-order chi connectivity index (χ0) is 13.0. The summed E-state index contributed by atoms with van der Waals surface area (Å²) in [5.74, 6) is 3.26. The highest BCUT2D eigenvalue weighted by atomic mass is 16.5. The molecule has 1 fully saturated rings. The lowest BCUT2D eigenvalue weighted by molar-refractivity contribution is 0.141. The fraction of sp³-hybridized carbons (Fsp3) is 0.692. The Morgan fingerprint density at radius 1 is 1.39 bits per heavy atom. The average Bonchev–Trinajstić information content (AvgIpc) is 3.20. The van der Waals surface area contributed by atoms with Crippen LogP contribution < -0.4 is 10.6 Å². The first-order valence-corrected chi connectivity index (χ1v) is 6.64. The van der Waals surface area contributed by atoms with Crippen molar-refractivity contribution in [3.8, 4) is 0 Å².